The van der Waals surface area contributed by atoms with E-state index in [2.05, 4.69) is 20.6 Å². The summed E-state index contributed by atoms with van der Waals surface area (Å²) in [6.07, 6.45) is 1.55. The van der Waals surface area contributed by atoms with Gasteiger partial charge in [-0.05, 0) is 48.6 Å². The third-order valence-electron chi connectivity index (χ3n) is 3.61. The number of methoxy groups -OCH3 is 1. The van der Waals surface area contributed by atoms with E-state index >= 15 is 0 Å². The summed E-state index contributed by atoms with van der Waals surface area (Å²) in [6.45, 7) is 0. The maximum absolute atomic E-state index is 5.90. The Kier molecular flexibility index (Phi) is 5.14. The van der Waals surface area contributed by atoms with Crippen molar-refractivity contribution in [2.45, 2.75) is 0 Å². The van der Waals surface area contributed by atoms with E-state index in [1.807, 2.05) is 42.5 Å². The van der Waals surface area contributed by atoms with E-state index < -0.39 is 0 Å². The SMILES string of the molecule is COc1cnc(-c2ccc(NC(=S)Nc3ccccc3N)cc2)nc1N. The van der Waals surface area contributed by atoms with Gasteiger partial charge in [-0.25, -0.2) is 9.97 Å². The Bertz CT molecular complexity index is 929. The van der Waals surface area contributed by atoms with Gasteiger partial charge in [-0.2, -0.15) is 0 Å². The fraction of sp³-hybridized carbons (Fsp3) is 0.0556. The molecule has 2 aromatic carbocycles. The molecule has 0 fully saturated rings. The van der Waals surface area contributed by atoms with Crippen LogP contribution in [-0.4, -0.2) is 22.2 Å². The number of benzene rings is 2. The number of para-hydroxylation sites is 2. The Morgan fingerprint density at radius 1 is 1.04 bits per heavy atom. The van der Waals surface area contributed by atoms with E-state index in [0.29, 0.717) is 28.2 Å². The lowest BCUT2D eigenvalue weighted by atomic mass is 10.2. The van der Waals surface area contributed by atoms with Crippen molar-refractivity contribution in [1.82, 2.24) is 9.97 Å². The number of anilines is 4. The highest BCUT2D eigenvalue weighted by atomic mass is 32.1. The van der Waals surface area contributed by atoms with Crippen LogP contribution in [0.4, 0.5) is 22.9 Å². The second-order valence-electron chi connectivity index (χ2n) is 5.39. The second-order valence-corrected chi connectivity index (χ2v) is 5.80. The van der Waals surface area contributed by atoms with Gasteiger partial charge >= 0.3 is 0 Å². The number of nitrogen functional groups attached to an aromatic ring is 2. The molecule has 0 aliphatic heterocycles. The minimum atomic E-state index is 0.297. The van der Waals surface area contributed by atoms with Gasteiger partial charge in [0.05, 0.1) is 24.7 Å². The van der Waals surface area contributed by atoms with Gasteiger partial charge in [0.15, 0.2) is 22.5 Å². The molecule has 132 valence electrons. The molecule has 8 heteroatoms. The third-order valence-corrected chi connectivity index (χ3v) is 3.82. The van der Waals surface area contributed by atoms with E-state index in [1.165, 1.54) is 7.11 Å². The Labute approximate surface area is 156 Å². The number of ether oxygens (including phenoxy) is 1. The van der Waals surface area contributed by atoms with Crippen molar-refractivity contribution in [3.05, 3.63) is 54.7 Å². The standard InChI is InChI=1S/C18H18N6OS/c1-25-15-10-21-17(24-16(15)20)11-6-8-12(9-7-11)22-18(26)23-14-5-3-2-4-13(14)19/h2-10H,19H2,1H3,(H2,20,21,24)(H2,22,23,26). The first-order valence-electron chi connectivity index (χ1n) is 7.76. The van der Waals surface area contributed by atoms with Crippen LogP contribution in [0.15, 0.2) is 54.7 Å². The van der Waals surface area contributed by atoms with Crippen LogP contribution in [0.5, 0.6) is 5.75 Å². The highest BCUT2D eigenvalue weighted by Gasteiger charge is 2.07. The molecule has 3 rings (SSSR count). The summed E-state index contributed by atoms with van der Waals surface area (Å²) >= 11 is 5.32. The molecule has 0 unspecified atom stereocenters. The monoisotopic (exact) mass is 366 g/mol. The molecule has 0 saturated carbocycles. The minimum absolute atomic E-state index is 0.297. The van der Waals surface area contributed by atoms with Crippen LogP contribution < -0.4 is 26.8 Å². The molecule has 0 bridgehead atoms. The molecule has 0 atom stereocenters. The van der Waals surface area contributed by atoms with Crippen molar-refractivity contribution >= 4 is 40.2 Å². The first-order chi connectivity index (χ1) is 12.6. The van der Waals surface area contributed by atoms with Crippen LogP contribution in [0.25, 0.3) is 11.4 Å². The van der Waals surface area contributed by atoms with E-state index in [-0.39, 0.29) is 0 Å². The molecule has 0 spiro atoms. The zero-order valence-corrected chi connectivity index (χ0v) is 14.9. The van der Waals surface area contributed by atoms with Gasteiger partial charge in [0.25, 0.3) is 0 Å². The average Bonchev–Trinajstić information content (AvgIpc) is 2.64. The Hall–Kier alpha value is -3.39. The highest BCUT2D eigenvalue weighted by Crippen LogP contribution is 2.23. The number of thiocarbonyl (C=S) groups is 1. The van der Waals surface area contributed by atoms with Crippen LogP contribution in [-0.2, 0) is 0 Å². The third kappa shape index (κ3) is 3.98. The fourth-order valence-electron chi connectivity index (χ4n) is 2.28. The van der Waals surface area contributed by atoms with Gasteiger partial charge in [0.2, 0.25) is 0 Å². The van der Waals surface area contributed by atoms with Crippen molar-refractivity contribution in [1.29, 1.82) is 0 Å². The predicted molar refractivity (Wildman–Crippen MR) is 109 cm³/mol. The fourth-order valence-corrected chi connectivity index (χ4v) is 2.51. The molecule has 0 amide bonds. The van der Waals surface area contributed by atoms with Gasteiger partial charge < -0.3 is 26.8 Å². The van der Waals surface area contributed by atoms with Gasteiger partial charge in [0.1, 0.15) is 0 Å². The van der Waals surface area contributed by atoms with Crippen molar-refractivity contribution in [2.75, 3.05) is 29.2 Å². The van der Waals surface area contributed by atoms with E-state index in [0.717, 1.165) is 16.9 Å². The largest absolute Gasteiger partial charge is 0.491 e. The molecule has 0 saturated heterocycles. The number of nitrogens with one attached hydrogen (secondary N) is 2. The van der Waals surface area contributed by atoms with Crippen molar-refractivity contribution in [3.63, 3.8) is 0 Å². The van der Waals surface area contributed by atoms with E-state index in [4.69, 9.17) is 28.4 Å². The number of hydrogen-bond acceptors (Lipinski definition) is 6. The Balaban J connectivity index is 1.69. The number of nitrogens with zero attached hydrogens (tertiary/aromatic N) is 2. The van der Waals surface area contributed by atoms with Crippen LogP contribution in [0, 0.1) is 0 Å². The lowest BCUT2D eigenvalue weighted by Gasteiger charge is -2.12. The molecular weight excluding hydrogens is 348 g/mol. The summed E-state index contributed by atoms with van der Waals surface area (Å²) in [7, 11) is 1.52. The van der Waals surface area contributed by atoms with Crippen LogP contribution in [0.3, 0.4) is 0 Å². The second kappa shape index (κ2) is 7.66. The van der Waals surface area contributed by atoms with Crippen molar-refractivity contribution in [3.8, 4) is 17.1 Å². The molecule has 6 N–H and O–H groups in total. The normalized spacial score (nSPS) is 10.2. The zero-order valence-electron chi connectivity index (χ0n) is 14.1. The van der Waals surface area contributed by atoms with Crippen LogP contribution in [0.1, 0.15) is 0 Å². The maximum atomic E-state index is 5.90. The summed E-state index contributed by atoms with van der Waals surface area (Å²) < 4.78 is 5.07. The van der Waals surface area contributed by atoms with Crippen LogP contribution in [0.2, 0.25) is 0 Å². The molecule has 7 nitrogen and oxygen atoms in total. The number of hydrogen-bond donors (Lipinski definition) is 4. The van der Waals surface area contributed by atoms with Gasteiger partial charge in [-0.15, -0.1) is 0 Å². The van der Waals surface area contributed by atoms with E-state index in [9.17, 15) is 0 Å². The molecular formula is C18H18N6OS. The molecule has 0 radical (unpaired) electrons. The van der Waals surface area contributed by atoms with Crippen molar-refractivity contribution < 1.29 is 4.74 Å². The lowest BCUT2D eigenvalue weighted by molar-refractivity contribution is 0.413. The van der Waals surface area contributed by atoms with Gasteiger partial charge in [-0.3, -0.25) is 0 Å². The maximum Gasteiger partial charge on any atom is 0.179 e. The molecule has 1 heterocycles. The first-order valence-corrected chi connectivity index (χ1v) is 8.17. The van der Waals surface area contributed by atoms with Crippen LogP contribution >= 0.6 is 12.2 Å². The summed E-state index contributed by atoms with van der Waals surface area (Å²) in [5, 5.41) is 6.62. The summed E-state index contributed by atoms with van der Waals surface area (Å²) in [5.41, 5.74) is 14.8. The topological polar surface area (TPSA) is 111 Å². The van der Waals surface area contributed by atoms with Crippen molar-refractivity contribution in [2.24, 2.45) is 0 Å². The molecule has 1 aromatic heterocycles. The Morgan fingerprint density at radius 2 is 1.77 bits per heavy atom. The Morgan fingerprint density at radius 3 is 2.42 bits per heavy atom. The number of nitrogens with two attached hydrogens (primary N) is 2. The molecule has 3 aromatic rings. The molecule has 26 heavy (non-hydrogen) atoms. The number of rotatable bonds is 4. The number of aromatic nitrogens is 2. The molecule has 0 aliphatic carbocycles. The minimum Gasteiger partial charge on any atom is -0.491 e. The van der Waals surface area contributed by atoms with Gasteiger partial charge in [0, 0.05) is 11.3 Å². The predicted octanol–water partition coefficient (Wildman–Crippen LogP) is 3.13. The molecule has 0 aliphatic rings. The summed E-state index contributed by atoms with van der Waals surface area (Å²) in [4.78, 5) is 8.49. The average molecular weight is 366 g/mol. The smallest absolute Gasteiger partial charge is 0.179 e. The summed E-state index contributed by atoms with van der Waals surface area (Å²) in [6, 6.07) is 14.9. The zero-order chi connectivity index (χ0) is 18.5. The highest BCUT2D eigenvalue weighted by molar-refractivity contribution is 7.80. The lowest BCUT2D eigenvalue weighted by Crippen LogP contribution is -2.19. The summed E-state index contributed by atoms with van der Waals surface area (Å²) in [5.74, 6) is 1.27. The van der Waals surface area contributed by atoms with E-state index in [1.54, 1.807) is 12.3 Å². The van der Waals surface area contributed by atoms with Gasteiger partial charge in [-0.1, -0.05) is 12.1 Å². The quantitative estimate of drug-likeness (QED) is 0.412. The first kappa shape index (κ1) is 17.4.